The third-order valence-corrected chi connectivity index (χ3v) is 1.76. The van der Waals surface area contributed by atoms with Crippen molar-refractivity contribution in [1.82, 2.24) is 4.98 Å². The van der Waals surface area contributed by atoms with Crippen molar-refractivity contribution in [3.8, 4) is 5.75 Å². The van der Waals surface area contributed by atoms with Crippen molar-refractivity contribution in [1.29, 1.82) is 0 Å². The molecule has 1 N–H and O–H groups in total. The summed E-state index contributed by atoms with van der Waals surface area (Å²) in [6.07, 6.45) is -9.84. The summed E-state index contributed by atoms with van der Waals surface area (Å²) >= 11 is 0. The Labute approximate surface area is 101 Å². The van der Waals surface area contributed by atoms with Crippen molar-refractivity contribution in [3.05, 3.63) is 23.3 Å². The number of aliphatic carboxylic acids is 1. The van der Waals surface area contributed by atoms with E-state index in [9.17, 15) is 31.1 Å². The maximum Gasteiger partial charge on any atom is 0.573 e. The van der Waals surface area contributed by atoms with Gasteiger partial charge in [0.25, 0.3) is 6.43 Å². The molecule has 0 saturated heterocycles. The quantitative estimate of drug-likeness (QED) is 0.866. The molecular weight excluding hydrogens is 284 g/mol. The van der Waals surface area contributed by atoms with E-state index >= 15 is 0 Å². The van der Waals surface area contributed by atoms with Crippen LogP contribution in [0.15, 0.2) is 6.07 Å². The first-order valence-electron chi connectivity index (χ1n) is 4.55. The molecule has 0 aromatic carbocycles. The van der Waals surface area contributed by atoms with E-state index in [4.69, 9.17) is 5.11 Å². The molecule has 4 nitrogen and oxygen atoms in total. The lowest BCUT2D eigenvalue weighted by Gasteiger charge is -2.14. The molecule has 19 heavy (non-hydrogen) atoms. The van der Waals surface area contributed by atoms with Crippen molar-refractivity contribution in [2.45, 2.75) is 19.2 Å². The fourth-order valence-corrected chi connectivity index (χ4v) is 1.18. The smallest absolute Gasteiger partial charge is 0.481 e. The summed E-state index contributed by atoms with van der Waals surface area (Å²) in [6, 6.07) is 0.293. The van der Waals surface area contributed by atoms with Gasteiger partial charge in [-0.25, -0.2) is 18.2 Å². The van der Waals surface area contributed by atoms with Gasteiger partial charge in [-0.2, -0.15) is 0 Å². The van der Waals surface area contributed by atoms with Crippen LogP contribution in [-0.2, 0) is 11.2 Å². The number of hydrogen-bond donors (Lipinski definition) is 1. The van der Waals surface area contributed by atoms with E-state index in [1.54, 1.807) is 0 Å². The largest absolute Gasteiger partial charge is 0.573 e. The fourth-order valence-electron chi connectivity index (χ4n) is 1.18. The number of hydrogen-bond acceptors (Lipinski definition) is 3. The Morgan fingerprint density at radius 2 is 2.00 bits per heavy atom. The minimum Gasteiger partial charge on any atom is -0.481 e. The number of carbonyl (C=O) groups is 1. The lowest BCUT2D eigenvalue weighted by atomic mass is 10.2. The Morgan fingerprint density at radius 1 is 1.42 bits per heavy atom. The Balaban J connectivity index is 3.27. The average Bonchev–Trinajstić information content (AvgIpc) is 2.18. The van der Waals surface area contributed by atoms with Crippen molar-refractivity contribution >= 4 is 5.97 Å². The van der Waals surface area contributed by atoms with Crippen LogP contribution in [0.25, 0.3) is 0 Å². The van der Waals surface area contributed by atoms with E-state index in [1.807, 2.05) is 0 Å². The van der Waals surface area contributed by atoms with Gasteiger partial charge >= 0.3 is 12.3 Å². The Kier molecular flexibility index (Phi) is 4.22. The van der Waals surface area contributed by atoms with Crippen LogP contribution in [0.1, 0.15) is 17.8 Å². The Morgan fingerprint density at radius 3 is 2.42 bits per heavy atom. The summed E-state index contributed by atoms with van der Waals surface area (Å²) in [7, 11) is 0. The van der Waals surface area contributed by atoms with Gasteiger partial charge in [0.2, 0.25) is 0 Å². The topological polar surface area (TPSA) is 59.4 Å². The highest BCUT2D eigenvalue weighted by Crippen LogP contribution is 2.34. The molecule has 0 bridgehead atoms. The normalized spacial score (nSPS) is 11.7. The minimum atomic E-state index is -5.37. The van der Waals surface area contributed by atoms with Crippen LogP contribution < -0.4 is 4.74 Å². The summed E-state index contributed by atoms with van der Waals surface area (Å²) in [5.41, 5.74) is -2.25. The molecule has 1 aromatic heterocycles. The van der Waals surface area contributed by atoms with Gasteiger partial charge in [-0.15, -0.1) is 13.2 Å². The van der Waals surface area contributed by atoms with E-state index < -0.39 is 48.1 Å². The molecule has 0 spiro atoms. The number of pyridine rings is 1. The van der Waals surface area contributed by atoms with Crippen LogP contribution in [0.3, 0.4) is 0 Å². The molecule has 1 heterocycles. The first-order valence-corrected chi connectivity index (χ1v) is 4.55. The third kappa shape index (κ3) is 4.30. The van der Waals surface area contributed by atoms with Crippen LogP contribution in [0.4, 0.5) is 26.3 Å². The van der Waals surface area contributed by atoms with Gasteiger partial charge in [0.1, 0.15) is 0 Å². The maximum absolute atomic E-state index is 13.3. The maximum atomic E-state index is 13.3. The lowest BCUT2D eigenvalue weighted by Crippen LogP contribution is -2.20. The summed E-state index contributed by atoms with van der Waals surface area (Å²) < 4.78 is 77.1. The second-order valence-electron chi connectivity index (χ2n) is 3.23. The highest BCUT2D eigenvalue weighted by Gasteiger charge is 2.36. The van der Waals surface area contributed by atoms with Crippen LogP contribution >= 0.6 is 0 Å². The number of rotatable bonds is 4. The zero-order valence-corrected chi connectivity index (χ0v) is 8.84. The van der Waals surface area contributed by atoms with Crippen molar-refractivity contribution in [2.24, 2.45) is 0 Å². The van der Waals surface area contributed by atoms with Gasteiger partial charge in [-0.05, 0) is 6.07 Å². The molecule has 0 atom stereocenters. The van der Waals surface area contributed by atoms with Gasteiger partial charge in [0.05, 0.1) is 12.1 Å². The first-order chi connectivity index (χ1) is 8.60. The monoisotopic (exact) mass is 289 g/mol. The molecule has 0 radical (unpaired) electrons. The SMILES string of the molecule is O=C(O)Cc1cc(F)c(OC(F)(F)F)c(C(F)F)n1. The van der Waals surface area contributed by atoms with Crippen molar-refractivity contribution in [2.75, 3.05) is 0 Å². The fraction of sp³-hybridized carbons (Fsp3) is 0.333. The zero-order chi connectivity index (χ0) is 14.8. The van der Waals surface area contributed by atoms with Gasteiger partial charge < -0.3 is 9.84 Å². The average molecular weight is 289 g/mol. The number of carboxylic acid groups (broad SMARTS) is 1. The van der Waals surface area contributed by atoms with E-state index in [2.05, 4.69) is 9.72 Å². The van der Waals surface area contributed by atoms with Crippen LogP contribution in [0.5, 0.6) is 5.75 Å². The predicted octanol–water partition coefficient (Wildman–Crippen LogP) is 2.68. The lowest BCUT2D eigenvalue weighted by molar-refractivity contribution is -0.276. The summed E-state index contributed by atoms with van der Waals surface area (Å²) in [5, 5.41) is 8.38. The first kappa shape index (κ1) is 15.1. The molecule has 0 aliphatic carbocycles. The molecule has 0 fully saturated rings. The molecule has 0 saturated carbocycles. The molecule has 106 valence electrons. The summed E-state index contributed by atoms with van der Waals surface area (Å²) in [4.78, 5) is 13.3. The molecule has 0 amide bonds. The van der Waals surface area contributed by atoms with Crippen molar-refractivity contribution < 1.29 is 41.0 Å². The molecular formula is C9H5F6NO3. The Hall–Kier alpha value is -2.00. The molecule has 10 heteroatoms. The minimum absolute atomic E-state index is 0.293. The number of carboxylic acids is 1. The van der Waals surface area contributed by atoms with Crippen molar-refractivity contribution in [3.63, 3.8) is 0 Å². The second kappa shape index (κ2) is 5.33. The molecule has 0 unspecified atom stereocenters. The second-order valence-corrected chi connectivity index (χ2v) is 3.23. The van der Waals surface area contributed by atoms with E-state index in [1.165, 1.54) is 0 Å². The van der Waals surface area contributed by atoms with Gasteiger partial charge in [0.15, 0.2) is 17.3 Å². The number of alkyl halides is 5. The Bertz CT molecular complexity index is 488. The standard InChI is InChI=1S/C9H5F6NO3/c10-4-1-3(2-5(17)18)16-6(8(11)12)7(4)19-9(13,14)15/h1,8H,2H2,(H,17,18). The van der Waals surface area contributed by atoms with Gasteiger partial charge in [-0.3, -0.25) is 4.79 Å². The zero-order valence-electron chi connectivity index (χ0n) is 8.84. The van der Waals surface area contributed by atoms with E-state index in [0.29, 0.717) is 6.07 Å². The molecule has 1 rings (SSSR count). The molecule has 0 aliphatic heterocycles. The van der Waals surface area contributed by atoms with E-state index in [-0.39, 0.29) is 0 Å². The number of ether oxygens (including phenoxy) is 1. The third-order valence-electron chi connectivity index (χ3n) is 1.76. The van der Waals surface area contributed by atoms with E-state index in [0.717, 1.165) is 0 Å². The van der Waals surface area contributed by atoms with Gasteiger partial charge in [-0.1, -0.05) is 0 Å². The van der Waals surface area contributed by atoms with Gasteiger partial charge in [0, 0.05) is 0 Å². The predicted molar refractivity (Wildman–Crippen MR) is 47.2 cm³/mol. The van der Waals surface area contributed by atoms with Crippen LogP contribution in [0, 0.1) is 5.82 Å². The molecule has 0 aliphatic rings. The van der Waals surface area contributed by atoms with Crippen LogP contribution in [-0.4, -0.2) is 22.4 Å². The molecule has 1 aromatic rings. The highest BCUT2D eigenvalue weighted by molar-refractivity contribution is 5.69. The van der Waals surface area contributed by atoms with Crippen LogP contribution in [0.2, 0.25) is 0 Å². The summed E-state index contributed by atoms with van der Waals surface area (Å²) in [5.74, 6) is -5.04. The number of nitrogens with zero attached hydrogens (tertiary/aromatic N) is 1. The summed E-state index contributed by atoms with van der Waals surface area (Å²) in [6.45, 7) is 0. The highest BCUT2D eigenvalue weighted by atomic mass is 19.4. The number of aromatic nitrogens is 1. The number of halogens is 6.